The Hall–Kier alpha value is -1.96. The van der Waals surface area contributed by atoms with Crippen LogP contribution < -0.4 is 15.8 Å². The maximum absolute atomic E-state index is 12.7. The monoisotopic (exact) mass is 431 g/mol. The van der Waals surface area contributed by atoms with Crippen molar-refractivity contribution >= 4 is 28.2 Å². The summed E-state index contributed by atoms with van der Waals surface area (Å²) >= 11 is 5.73. The van der Waals surface area contributed by atoms with Crippen molar-refractivity contribution in [2.24, 2.45) is 0 Å². The lowest BCUT2D eigenvalue weighted by Crippen LogP contribution is -3.12. The molecule has 1 fully saturated rings. The fourth-order valence-electron chi connectivity index (χ4n) is 3.95. The van der Waals surface area contributed by atoms with Crippen molar-refractivity contribution in [2.75, 3.05) is 39.3 Å². The third-order valence-electron chi connectivity index (χ3n) is 5.97. The number of aryl methyl sites for hydroxylation is 1. The number of quaternary nitrogens is 1. The highest BCUT2D eigenvalue weighted by atomic mass is 32.1. The van der Waals surface area contributed by atoms with E-state index >= 15 is 0 Å². The number of hydrogen-bond donors (Lipinski definition) is 3. The maximum atomic E-state index is 12.7. The molecule has 164 valence electrons. The first-order valence-electron chi connectivity index (χ1n) is 11.1. The van der Waals surface area contributed by atoms with Gasteiger partial charge in [0, 0.05) is 24.2 Å². The summed E-state index contributed by atoms with van der Waals surface area (Å²) in [6.07, 6.45) is 2.41. The number of hydrogen-bond acceptors (Lipinski definition) is 3. The van der Waals surface area contributed by atoms with Gasteiger partial charge < -0.3 is 24.8 Å². The van der Waals surface area contributed by atoms with Crippen LogP contribution in [0.15, 0.2) is 29.1 Å². The molecule has 0 unspecified atom stereocenters. The highest BCUT2D eigenvalue weighted by Crippen LogP contribution is 2.14. The van der Waals surface area contributed by atoms with Gasteiger partial charge in [0.2, 0.25) is 0 Å². The van der Waals surface area contributed by atoms with Crippen LogP contribution in [0.4, 0.5) is 0 Å². The van der Waals surface area contributed by atoms with E-state index in [1.54, 1.807) is 0 Å². The van der Waals surface area contributed by atoms with E-state index in [0.717, 1.165) is 74.2 Å². The number of thiocarbonyl (C=S) groups is 1. The summed E-state index contributed by atoms with van der Waals surface area (Å²) in [5, 5.41) is 5.12. The number of pyridine rings is 1. The second-order valence-corrected chi connectivity index (χ2v) is 8.55. The largest absolute Gasteiger partial charge is 0.376 e. The van der Waals surface area contributed by atoms with E-state index in [2.05, 4.69) is 41.2 Å². The Morgan fingerprint density at radius 1 is 1.33 bits per heavy atom. The summed E-state index contributed by atoms with van der Waals surface area (Å²) in [5.74, 6) is 0. The zero-order chi connectivity index (χ0) is 21.5. The van der Waals surface area contributed by atoms with E-state index in [-0.39, 0.29) is 11.7 Å². The number of likely N-dealkylation sites (N-methyl/N-ethyl adjacent to an activating group) is 1. The van der Waals surface area contributed by atoms with Crippen molar-refractivity contribution in [1.82, 2.24) is 15.2 Å². The molecule has 3 rings (SSSR count). The van der Waals surface area contributed by atoms with Crippen LogP contribution in [0, 0.1) is 6.92 Å². The Bertz CT molecular complexity index is 904. The second-order valence-electron chi connectivity index (χ2n) is 8.16. The highest BCUT2D eigenvalue weighted by molar-refractivity contribution is 7.80. The smallest absolute Gasteiger partial charge is 0.253 e. The van der Waals surface area contributed by atoms with E-state index in [4.69, 9.17) is 17.0 Å². The molecule has 2 aromatic rings. The lowest BCUT2D eigenvalue weighted by atomic mass is 10.1. The van der Waals surface area contributed by atoms with Gasteiger partial charge in [-0.05, 0) is 68.9 Å². The molecular weight excluding hydrogens is 396 g/mol. The van der Waals surface area contributed by atoms with E-state index < -0.39 is 0 Å². The van der Waals surface area contributed by atoms with Crippen LogP contribution in [0.5, 0.6) is 0 Å². The van der Waals surface area contributed by atoms with E-state index in [0.29, 0.717) is 11.7 Å². The minimum atomic E-state index is -0.0461. The maximum Gasteiger partial charge on any atom is 0.253 e. The number of nitrogens with one attached hydrogen (secondary N) is 3. The first kappa shape index (κ1) is 22.7. The fourth-order valence-corrected chi connectivity index (χ4v) is 4.19. The zero-order valence-corrected chi connectivity index (χ0v) is 19.2. The molecule has 1 aromatic carbocycles. The molecule has 1 aliphatic rings. The van der Waals surface area contributed by atoms with Gasteiger partial charge in [-0.2, -0.15) is 0 Å². The Labute approximate surface area is 184 Å². The average molecular weight is 432 g/mol. The van der Waals surface area contributed by atoms with Gasteiger partial charge in [-0.25, -0.2) is 0 Å². The molecule has 0 saturated carbocycles. The molecule has 2 heterocycles. The lowest BCUT2D eigenvalue weighted by Gasteiger charge is -2.28. The minimum absolute atomic E-state index is 0.0461. The number of aromatic nitrogens is 1. The van der Waals surface area contributed by atoms with Crippen molar-refractivity contribution in [3.63, 3.8) is 0 Å². The molecule has 1 aliphatic heterocycles. The van der Waals surface area contributed by atoms with Crippen LogP contribution in [0.25, 0.3) is 10.9 Å². The number of benzene rings is 1. The number of fused-ring (bicyclic) bond motifs is 1. The Kier molecular flexibility index (Phi) is 8.24. The van der Waals surface area contributed by atoms with Gasteiger partial charge in [0.15, 0.2) is 5.11 Å². The number of H-pyrrole nitrogens is 1. The lowest BCUT2D eigenvalue weighted by molar-refractivity contribution is -0.895. The summed E-state index contributed by atoms with van der Waals surface area (Å²) in [5.41, 5.74) is 2.70. The third kappa shape index (κ3) is 6.03. The summed E-state index contributed by atoms with van der Waals surface area (Å²) in [6, 6.07) is 8.13. The molecule has 0 aliphatic carbocycles. The normalized spacial score (nSPS) is 16.3. The van der Waals surface area contributed by atoms with Crippen molar-refractivity contribution < 1.29 is 9.64 Å². The van der Waals surface area contributed by atoms with Gasteiger partial charge in [0.1, 0.15) is 0 Å². The quantitative estimate of drug-likeness (QED) is 0.527. The van der Waals surface area contributed by atoms with Crippen LogP contribution >= 0.6 is 12.2 Å². The highest BCUT2D eigenvalue weighted by Gasteiger charge is 2.19. The molecule has 3 N–H and O–H groups in total. The van der Waals surface area contributed by atoms with Gasteiger partial charge in [0.05, 0.1) is 38.8 Å². The number of ether oxygens (including phenoxy) is 1. The predicted molar refractivity (Wildman–Crippen MR) is 126 cm³/mol. The molecule has 0 radical (unpaired) electrons. The number of nitrogens with zero attached hydrogens (tertiary/aromatic N) is 1. The van der Waals surface area contributed by atoms with Crippen molar-refractivity contribution in [2.45, 2.75) is 46.3 Å². The molecule has 0 bridgehead atoms. The van der Waals surface area contributed by atoms with Gasteiger partial charge in [-0.15, -0.1) is 0 Å². The van der Waals surface area contributed by atoms with Gasteiger partial charge in [-0.3, -0.25) is 4.79 Å². The van der Waals surface area contributed by atoms with Gasteiger partial charge >= 0.3 is 0 Å². The predicted octanol–water partition coefficient (Wildman–Crippen LogP) is 1.62. The standard InChI is InChI=1S/C23H34N4O2S/c1-4-26(5-2)10-11-27(23(30)24-15-20-7-6-12-29-20)16-19-14-18-9-8-17(3)13-21(18)25-22(19)28/h8-9,13-14,20H,4-7,10-12,15-16H2,1-3H3,(H,24,30)(H,25,28)/p+1/t20-/m0/s1. The van der Waals surface area contributed by atoms with Crippen LogP contribution in [-0.4, -0.2) is 60.4 Å². The Morgan fingerprint density at radius 2 is 2.13 bits per heavy atom. The van der Waals surface area contributed by atoms with Crippen molar-refractivity contribution in [3.05, 3.63) is 45.7 Å². The van der Waals surface area contributed by atoms with Crippen molar-refractivity contribution in [1.29, 1.82) is 0 Å². The summed E-state index contributed by atoms with van der Waals surface area (Å²) < 4.78 is 5.71. The van der Waals surface area contributed by atoms with E-state index in [1.807, 2.05) is 19.1 Å². The summed E-state index contributed by atoms with van der Waals surface area (Å²) in [6.45, 7) is 12.4. The van der Waals surface area contributed by atoms with Crippen LogP contribution in [0.2, 0.25) is 0 Å². The number of aromatic amines is 1. The fraction of sp³-hybridized carbons (Fsp3) is 0.565. The summed E-state index contributed by atoms with van der Waals surface area (Å²) in [7, 11) is 0. The Morgan fingerprint density at radius 3 is 2.83 bits per heavy atom. The van der Waals surface area contributed by atoms with Crippen LogP contribution in [0.3, 0.4) is 0 Å². The van der Waals surface area contributed by atoms with Crippen LogP contribution in [0.1, 0.15) is 37.8 Å². The molecule has 0 spiro atoms. The molecule has 1 aromatic heterocycles. The van der Waals surface area contributed by atoms with E-state index in [9.17, 15) is 4.79 Å². The molecular formula is C23H35N4O2S+. The second kappa shape index (κ2) is 10.9. The Balaban J connectivity index is 1.75. The average Bonchev–Trinajstić information content (AvgIpc) is 3.26. The SMILES string of the molecule is CC[NH+](CC)CCN(Cc1cc2ccc(C)cc2[nH]c1=O)C(=S)NC[C@@H]1CCCO1. The first-order chi connectivity index (χ1) is 14.5. The molecule has 7 heteroatoms. The van der Waals surface area contributed by atoms with E-state index in [1.165, 1.54) is 4.90 Å². The van der Waals surface area contributed by atoms with Crippen LogP contribution in [-0.2, 0) is 11.3 Å². The zero-order valence-electron chi connectivity index (χ0n) is 18.4. The number of rotatable bonds is 9. The first-order valence-corrected chi connectivity index (χ1v) is 11.5. The molecule has 1 atom stereocenters. The van der Waals surface area contributed by atoms with Gasteiger partial charge in [-0.1, -0.05) is 12.1 Å². The molecule has 0 amide bonds. The van der Waals surface area contributed by atoms with Crippen molar-refractivity contribution in [3.8, 4) is 0 Å². The third-order valence-corrected chi connectivity index (χ3v) is 6.37. The summed E-state index contributed by atoms with van der Waals surface area (Å²) in [4.78, 5) is 19.4. The molecule has 6 nitrogen and oxygen atoms in total. The van der Waals surface area contributed by atoms with Gasteiger partial charge in [0.25, 0.3) is 5.56 Å². The minimum Gasteiger partial charge on any atom is -0.376 e. The molecule has 30 heavy (non-hydrogen) atoms. The molecule has 1 saturated heterocycles. The topological polar surface area (TPSA) is 61.8 Å².